The summed E-state index contributed by atoms with van der Waals surface area (Å²) < 4.78 is 5.44. The maximum Gasteiger partial charge on any atom is 0.349 e. The molecule has 0 bridgehead atoms. The Kier molecular flexibility index (Phi) is 6.11. The van der Waals surface area contributed by atoms with Gasteiger partial charge in [-0.1, -0.05) is 30.3 Å². The molecule has 1 aromatic carbocycles. The van der Waals surface area contributed by atoms with Gasteiger partial charge in [-0.25, -0.2) is 4.79 Å². The molecule has 2 atom stereocenters. The fraction of sp³-hybridized carbons (Fsp3) is 0.455. The molecule has 144 valence electrons. The van der Waals surface area contributed by atoms with E-state index in [1.165, 1.54) is 5.56 Å². The van der Waals surface area contributed by atoms with E-state index < -0.39 is 5.63 Å². The first-order chi connectivity index (χ1) is 13.0. The minimum absolute atomic E-state index is 0.0732. The average Bonchev–Trinajstić information content (AvgIpc) is 3.08. The third-order valence-corrected chi connectivity index (χ3v) is 5.39. The Labute approximate surface area is 160 Å². The van der Waals surface area contributed by atoms with Crippen molar-refractivity contribution in [3.63, 3.8) is 0 Å². The van der Waals surface area contributed by atoms with Crippen LogP contribution < -0.4 is 10.9 Å². The van der Waals surface area contributed by atoms with E-state index in [1.54, 1.807) is 6.92 Å². The first kappa shape index (κ1) is 19.4. The van der Waals surface area contributed by atoms with Crippen molar-refractivity contribution in [3.05, 3.63) is 69.3 Å². The molecule has 1 aliphatic carbocycles. The lowest BCUT2D eigenvalue weighted by atomic mass is 10.1. The van der Waals surface area contributed by atoms with Crippen LogP contribution in [0.2, 0.25) is 0 Å². The fourth-order valence-corrected chi connectivity index (χ4v) is 3.95. The number of carbonyl (C=O) groups is 1. The van der Waals surface area contributed by atoms with Crippen LogP contribution in [0.5, 0.6) is 0 Å². The maximum atomic E-state index is 12.7. The highest BCUT2D eigenvalue weighted by Crippen LogP contribution is 2.23. The molecule has 0 aliphatic heterocycles. The Hall–Kier alpha value is -2.40. The Morgan fingerprint density at radius 3 is 2.59 bits per heavy atom. The van der Waals surface area contributed by atoms with Crippen LogP contribution in [0.4, 0.5) is 0 Å². The summed E-state index contributed by atoms with van der Waals surface area (Å²) in [5.41, 5.74) is 1.44. The lowest BCUT2D eigenvalue weighted by Crippen LogP contribution is -2.47. The van der Waals surface area contributed by atoms with Gasteiger partial charge < -0.3 is 14.6 Å². The minimum Gasteiger partial charge on any atom is -0.427 e. The van der Waals surface area contributed by atoms with Crippen molar-refractivity contribution in [2.45, 2.75) is 51.1 Å². The third kappa shape index (κ3) is 4.66. The van der Waals surface area contributed by atoms with Crippen LogP contribution in [0.1, 0.15) is 46.5 Å². The van der Waals surface area contributed by atoms with E-state index in [4.69, 9.17) is 4.42 Å². The van der Waals surface area contributed by atoms with E-state index in [0.717, 1.165) is 25.7 Å². The molecular formula is C22H28N2O3. The second kappa shape index (κ2) is 8.53. The highest BCUT2D eigenvalue weighted by molar-refractivity contribution is 5.95. The molecule has 0 radical (unpaired) electrons. The zero-order chi connectivity index (χ0) is 19.4. The van der Waals surface area contributed by atoms with Crippen LogP contribution >= 0.6 is 0 Å². The minimum atomic E-state index is -0.546. The first-order valence-corrected chi connectivity index (χ1v) is 9.60. The fourth-order valence-electron chi connectivity index (χ4n) is 3.95. The molecule has 5 nitrogen and oxygen atoms in total. The Balaban J connectivity index is 1.71. The van der Waals surface area contributed by atoms with Gasteiger partial charge >= 0.3 is 5.63 Å². The molecule has 1 aliphatic rings. The molecule has 1 aromatic heterocycles. The van der Waals surface area contributed by atoms with Crippen molar-refractivity contribution in [1.29, 1.82) is 0 Å². The number of rotatable bonds is 6. The number of aryl methyl sites for hydroxylation is 3. The largest absolute Gasteiger partial charge is 0.427 e. The van der Waals surface area contributed by atoms with Gasteiger partial charge in [-0.15, -0.1) is 0 Å². The number of nitrogens with zero attached hydrogens (tertiary/aromatic N) is 1. The van der Waals surface area contributed by atoms with Gasteiger partial charge in [0.2, 0.25) is 0 Å². The van der Waals surface area contributed by atoms with Crippen LogP contribution in [0.3, 0.4) is 0 Å². The number of carbonyl (C=O) groups excluding carboxylic acids is 1. The summed E-state index contributed by atoms with van der Waals surface area (Å²) in [7, 11) is 4.05. The number of benzene rings is 1. The van der Waals surface area contributed by atoms with Crippen molar-refractivity contribution in [3.8, 4) is 0 Å². The number of hydrogen-bond donors (Lipinski definition) is 1. The highest BCUT2D eigenvalue weighted by atomic mass is 16.4. The second-order valence-corrected chi connectivity index (χ2v) is 7.59. The smallest absolute Gasteiger partial charge is 0.349 e. The van der Waals surface area contributed by atoms with E-state index in [0.29, 0.717) is 23.8 Å². The van der Waals surface area contributed by atoms with E-state index >= 15 is 0 Å². The Morgan fingerprint density at radius 1 is 1.19 bits per heavy atom. The Morgan fingerprint density at radius 2 is 1.93 bits per heavy atom. The monoisotopic (exact) mass is 368 g/mol. The Bertz CT molecular complexity index is 842. The number of nitrogens with one attached hydrogen (secondary N) is 1. The van der Waals surface area contributed by atoms with Crippen molar-refractivity contribution in [2.24, 2.45) is 0 Å². The molecule has 0 saturated heterocycles. The van der Waals surface area contributed by atoms with E-state index in [2.05, 4.69) is 22.3 Å². The van der Waals surface area contributed by atoms with Crippen LogP contribution in [0.25, 0.3) is 0 Å². The van der Waals surface area contributed by atoms with Gasteiger partial charge in [0.15, 0.2) is 0 Å². The van der Waals surface area contributed by atoms with Gasteiger partial charge in [0.1, 0.15) is 11.3 Å². The summed E-state index contributed by atoms with van der Waals surface area (Å²) in [6.45, 7) is 1.80. The summed E-state index contributed by atoms with van der Waals surface area (Å²) >= 11 is 0. The predicted molar refractivity (Wildman–Crippen MR) is 106 cm³/mol. The van der Waals surface area contributed by atoms with Crippen LogP contribution in [0.15, 0.2) is 45.6 Å². The van der Waals surface area contributed by atoms with Crippen molar-refractivity contribution < 1.29 is 9.21 Å². The number of amides is 1. The lowest BCUT2D eigenvalue weighted by molar-refractivity contribution is 0.0914. The maximum absolute atomic E-state index is 12.7. The van der Waals surface area contributed by atoms with Crippen molar-refractivity contribution in [1.82, 2.24) is 10.2 Å². The molecule has 1 amide bonds. The molecular weight excluding hydrogens is 340 g/mol. The van der Waals surface area contributed by atoms with Gasteiger partial charge in [0.05, 0.1) is 0 Å². The molecule has 2 aromatic rings. The zero-order valence-corrected chi connectivity index (χ0v) is 16.3. The number of likely N-dealkylation sites (N-methyl/N-ethyl adjacent to an activating group) is 1. The van der Waals surface area contributed by atoms with Gasteiger partial charge in [-0.2, -0.15) is 0 Å². The van der Waals surface area contributed by atoms with Gasteiger partial charge in [0.25, 0.3) is 5.91 Å². The second-order valence-electron chi connectivity index (χ2n) is 7.59. The third-order valence-electron chi connectivity index (χ3n) is 5.39. The predicted octanol–water partition coefficient (Wildman–Crippen LogP) is 2.95. The topological polar surface area (TPSA) is 62.6 Å². The van der Waals surface area contributed by atoms with Gasteiger partial charge in [-0.05, 0) is 63.9 Å². The molecule has 1 saturated carbocycles. The normalized spacial score (nSPS) is 19.4. The van der Waals surface area contributed by atoms with Crippen LogP contribution in [-0.2, 0) is 12.8 Å². The molecule has 0 unspecified atom stereocenters. The van der Waals surface area contributed by atoms with Crippen LogP contribution in [0, 0.1) is 6.92 Å². The summed E-state index contributed by atoms with van der Waals surface area (Å²) in [6, 6.07) is 12.3. The van der Waals surface area contributed by atoms with E-state index in [9.17, 15) is 9.59 Å². The average molecular weight is 368 g/mol. The van der Waals surface area contributed by atoms with Crippen molar-refractivity contribution in [2.75, 3.05) is 14.1 Å². The van der Waals surface area contributed by atoms with E-state index in [1.807, 2.05) is 38.4 Å². The zero-order valence-electron chi connectivity index (χ0n) is 16.3. The summed E-state index contributed by atoms with van der Waals surface area (Å²) in [5, 5.41) is 3.04. The SMILES string of the molecule is Cc1cc(CCc2ccccc2)oc(=O)c1C(=O)N[C@@H]1CCC[C@H]1N(C)C. The summed E-state index contributed by atoms with van der Waals surface area (Å²) in [6.07, 6.45) is 4.51. The van der Waals surface area contributed by atoms with Gasteiger partial charge in [-0.3, -0.25) is 4.79 Å². The highest BCUT2D eigenvalue weighted by Gasteiger charge is 2.31. The molecule has 3 rings (SSSR count). The molecule has 27 heavy (non-hydrogen) atoms. The van der Waals surface area contributed by atoms with Gasteiger partial charge in [0, 0.05) is 18.5 Å². The standard InChI is InChI=1S/C22H28N2O3/c1-15-14-17(13-12-16-8-5-4-6-9-16)27-22(26)20(15)21(25)23-18-10-7-11-19(18)24(2)3/h4-6,8-9,14,18-19H,7,10-13H2,1-3H3,(H,23,25)/t18-,19-/m1/s1. The van der Waals surface area contributed by atoms with Crippen LogP contribution in [-0.4, -0.2) is 37.0 Å². The number of hydrogen-bond acceptors (Lipinski definition) is 4. The molecule has 1 N–H and O–H groups in total. The molecule has 0 spiro atoms. The first-order valence-electron chi connectivity index (χ1n) is 9.60. The molecule has 5 heteroatoms. The van der Waals surface area contributed by atoms with Crippen molar-refractivity contribution >= 4 is 5.91 Å². The molecule has 1 heterocycles. The molecule has 1 fully saturated rings. The van der Waals surface area contributed by atoms with E-state index in [-0.39, 0.29) is 17.5 Å². The lowest BCUT2D eigenvalue weighted by Gasteiger charge is -2.26. The summed E-state index contributed by atoms with van der Waals surface area (Å²) in [5.74, 6) is 0.291. The quantitative estimate of drug-likeness (QED) is 0.852. The summed E-state index contributed by atoms with van der Waals surface area (Å²) in [4.78, 5) is 27.3.